The van der Waals surface area contributed by atoms with Gasteiger partial charge >= 0.3 is 0 Å². The molecule has 116 valence electrons. The summed E-state index contributed by atoms with van der Waals surface area (Å²) in [5.74, 6) is 1.87. The van der Waals surface area contributed by atoms with Gasteiger partial charge in [-0.1, -0.05) is 6.92 Å². The molecule has 0 heterocycles. The molecule has 1 fully saturated rings. The molecule has 0 bridgehead atoms. The quantitative estimate of drug-likeness (QED) is 0.779. The molecule has 0 radical (unpaired) electrons. The maximum absolute atomic E-state index is 13.0. The van der Waals surface area contributed by atoms with E-state index in [2.05, 4.69) is 6.92 Å². The fourth-order valence-electron chi connectivity index (χ4n) is 2.98. The van der Waals surface area contributed by atoms with E-state index in [0.717, 1.165) is 25.7 Å². The summed E-state index contributed by atoms with van der Waals surface area (Å²) in [4.78, 5) is 13.0. The second kappa shape index (κ2) is 6.48. The number of carbonyl (C=O) groups excluding carboxylic acids is 1. The molecule has 0 saturated heterocycles. The van der Waals surface area contributed by atoms with E-state index in [9.17, 15) is 4.79 Å². The highest BCUT2D eigenvalue weighted by atomic mass is 16.5. The van der Waals surface area contributed by atoms with Gasteiger partial charge in [0.15, 0.2) is 5.78 Å². The minimum atomic E-state index is -0.714. The van der Waals surface area contributed by atoms with Gasteiger partial charge in [0, 0.05) is 13.2 Å². The van der Waals surface area contributed by atoms with Crippen LogP contribution in [0.2, 0.25) is 0 Å². The highest BCUT2D eigenvalue weighted by molar-refractivity contribution is 6.04. The van der Waals surface area contributed by atoms with Gasteiger partial charge in [0.05, 0.1) is 19.8 Å². The number of Topliss-reactive ketones (excluding diaryl/α,β-unsaturated/α-hetero) is 1. The largest absolute Gasteiger partial charge is 0.497 e. The fraction of sp³-hybridized carbons (Fsp3) is 0.588. The van der Waals surface area contributed by atoms with Crippen LogP contribution in [0.1, 0.15) is 43.0 Å². The third kappa shape index (κ3) is 3.05. The molecule has 21 heavy (non-hydrogen) atoms. The molecule has 0 N–H and O–H groups in total. The van der Waals surface area contributed by atoms with Gasteiger partial charge in [0.1, 0.15) is 17.1 Å². The number of hydrogen-bond acceptors (Lipinski definition) is 4. The van der Waals surface area contributed by atoms with E-state index >= 15 is 0 Å². The predicted molar refractivity (Wildman–Crippen MR) is 81.2 cm³/mol. The Bertz CT molecular complexity index is 502. The van der Waals surface area contributed by atoms with Crippen LogP contribution in [-0.2, 0) is 4.74 Å². The second-order valence-electron chi connectivity index (χ2n) is 5.78. The third-order valence-electron chi connectivity index (χ3n) is 4.54. The Kier molecular flexibility index (Phi) is 4.88. The lowest BCUT2D eigenvalue weighted by atomic mass is 9.75. The number of hydrogen-bond donors (Lipinski definition) is 0. The molecule has 4 heteroatoms. The summed E-state index contributed by atoms with van der Waals surface area (Å²) in [5.41, 5.74) is -0.149. The molecule has 4 nitrogen and oxygen atoms in total. The SMILES string of the molecule is COc1ccc(C(=O)C2(OC)CCC(C)CC2)c(OC)c1. The van der Waals surface area contributed by atoms with Crippen LogP contribution >= 0.6 is 0 Å². The van der Waals surface area contributed by atoms with Crippen molar-refractivity contribution in [2.24, 2.45) is 5.92 Å². The Balaban J connectivity index is 2.33. The van der Waals surface area contributed by atoms with E-state index in [1.807, 2.05) is 0 Å². The van der Waals surface area contributed by atoms with E-state index in [1.165, 1.54) is 0 Å². The first kappa shape index (κ1) is 15.8. The minimum Gasteiger partial charge on any atom is -0.497 e. The summed E-state index contributed by atoms with van der Waals surface area (Å²) in [7, 11) is 4.79. The molecule has 0 aromatic heterocycles. The first-order valence-corrected chi connectivity index (χ1v) is 7.38. The Morgan fingerprint density at radius 2 is 1.81 bits per heavy atom. The zero-order valence-corrected chi connectivity index (χ0v) is 13.3. The highest BCUT2D eigenvalue weighted by Gasteiger charge is 2.42. The molecule has 2 rings (SSSR count). The van der Waals surface area contributed by atoms with Crippen molar-refractivity contribution in [3.8, 4) is 11.5 Å². The molecule has 1 aromatic rings. The molecule has 1 aliphatic rings. The maximum atomic E-state index is 13.0. The van der Waals surface area contributed by atoms with E-state index in [4.69, 9.17) is 14.2 Å². The zero-order chi connectivity index (χ0) is 15.5. The monoisotopic (exact) mass is 292 g/mol. The molecule has 0 spiro atoms. The first-order chi connectivity index (χ1) is 10.1. The van der Waals surface area contributed by atoms with E-state index < -0.39 is 5.60 Å². The Morgan fingerprint density at radius 3 is 2.33 bits per heavy atom. The molecule has 1 saturated carbocycles. The average Bonchev–Trinajstić information content (AvgIpc) is 2.54. The molecule has 1 aliphatic carbocycles. The first-order valence-electron chi connectivity index (χ1n) is 7.38. The second-order valence-corrected chi connectivity index (χ2v) is 5.78. The topological polar surface area (TPSA) is 44.8 Å². The summed E-state index contributed by atoms with van der Waals surface area (Å²) < 4.78 is 16.2. The van der Waals surface area contributed by atoms with Crippen LogP contribution in [0.4, 0.5) is 0 Å². The lowest BCUT2D eigenvalue weighted by molar-refractivity contribution is -0.0264. The smallest absolute Gasteiger partial charge is 0.198 e. The van der Waals surface area contributed by atoms with Crippen LogP contribution in [0.5, 0.6) is 11.5 Å². The summed E-state index contributed by atoms with van der Waals surface area (Å²) in [6, 6.07) is 5.28. The molecule has 0 unspecified atom stereocenters. The van der Waals surface area contributed by atoms with Crippen molar-refractivity contribution in [1.82, 2.24) is 0 Å². The van der Waals surface area contributed by atoms with Gasteiger partial charge in [-0.3, -0.25) is 4.79 Å². The fourth-order valence-corrected chi connectivity index (χ4v) is 2.98. The van der Waals surface area contributed by atoms with Crippen LogP contribution in [0, 0.1) is 5.92 Å². The van der Waals surface area contributed by atoms with Crippen molar-refractivity contribution in [2.45, 2.75) is 38.2 Å². The van der Waals surface area contributed by atoms with Crippen molar-refractivity contribution < 1.29 is 19.0 Å². The van der Waals surface area contributed by atoms with Crippen LogP contribution in [-0.4, -0.2) is 32.7 Å². The van der Waals surface area contributed by atoms with Crippen molar-refractivity contribution in [3.05, 3.63) is 23.8 Å². The van der Waals surface area contributed by atoms with Gasteiger partial charge in [-0.15, -0.1) is 0 Å². The normalized spacial score (nSPS) is 25.4. The van der Waals surface area contributed by atoms with Crippen LogP contribution in [0.25, 0.3) is 0 Å². The van der Waals surface area contributed by atoms with Crippen LogP contribution in [0.3, 0.4) is 0 Å². The average molecular weight is 292 g/mol. The van der Waals surface area contributed by atoms with Crippen LogP contribution in [0.15, 0.2) is 18.2 Å². The predicted octanol–water partition coefficient (Wildman–Crippen LogP) is 3.48. The van der Waals surface area contributed by atoms with Gasteiger partial charge in [0.25, 0.3) is 0 Å². The number of ether oxygens (including phenoxy) is 3. The molecule has 0 atom stereocenters. The minimum absolute atomic E-state index is 0.0106. The van der Waals surface area contributed by atoms with Crippen molar-refractivity contribution >= 4 is 5.78 Å². The lowest BCUT2D eigenvalue weighted by Crippen LogP contribution is -2.44. The lowest BCUT2D eigenvalue weighted by Gasteiger charge is -2.37. The summed E-state index contributed by atoms with van der Waals surface area (Å²) in [5, 5.41) is 0. The standard InChI is InChI=1S/C17H24O4/c1-12-7-9-17(21-4,10-8-12)16(18)14-6-5-13(19-2)11-15(14)20-3/h5-6,11-12H,7-10H2,1-4H3. The molecular formula is C17H24O4. The van der Waals surface area contributed by atoms with Crippen molar-refractivity contribution in [2.75, 3.05) is 21.3 Å². The number of carbonyl (C=O) groups is 1. The summed E-state index contributed by atoms with van der Waals surface area (Å²) >= 11 is 0. The zero-order valence-electron chi connectivity index (χ0n) is 13.3. The van der Waals surface area contributed by atoms with Crippen LogP contribution < -0.4 is 9.47 Å². The van der Waals surface area contributed by atoms with Gasteiger partial charge in [-0.05, 0) is 43.7 Å². The van der Waals surface area contributed by atoms with E-state index in [-0.39, 0.29) is 5.78 Å². The molecule has 1 aromatic carbocycles. The Morgan fingerprint density at radius 1 is 1.14 bits per heavy atom. The Labute approximate surface area is 126 Å². The highest BCUT2D eigenvalue weighted by Crippen LogP contribution is 2.39. The molecular weight excluding hydrogens is 268 g/mol. The van der Waals surface area contributed by atoms with Crippen molar-refractivity contribution in [1.29, 1.82) is 0 Å². The number of benzene rings is 1. The van der Waals surface area contributed by atoms with Gasteiger partial charge in [-0.2, -0.15) is 0 Å². The molecule has 0 amide bonds. The number of rotatable bonds is 5. The number of methoxy groups -OCH3 is 3. The number of ketones is 1. The summed E-state index contributed by atoms with van der Waals surface area (Å²) in [6.07, 6.45) is 3.55. The van der Waals surface area contributed by atoms with E-state index in [0.29, 0.717) is 23.0 Å². The third-order valence-corrected chi connectivity index (χ3v) is 4.54. The van der Waals surface area contributed by atoms with Crippen molar-refractivity contribution in [3.63, 3.8) is 0 Å². The summed E-state index contributed by atoms with van der Waals surface area (Å²) in [6.45, 7) is 2.22. The van der Waals surface area contributed by atoms with Gasteiger partial charge in [-0.25, -0.2) is 0 Å². The molecule has 0 aliphatic heterocycles. The van der Waals surface area contributed by atoms with E-state index in [1.54, 1.807) is 39.5 Å². The van der Waals surface area contributed by atoms with Gasteiger partial charge in [0.2, 0.25) is 0 Å². The van der Waals surface area contributed by atoms with Gasteiger partial charge < -0.3 is 14.2 Å². The maximum Gasteiger partial charge on any atom is 0.198 e. The Hall–Kier alpha value is -1.55.